The van der Waals surface area contributed by atoms with E-state index in [0.29, 0.717) is 11.5 Å². The van der Waals surface area contributed by atoms with Gasteiger partial charge < -0.3 is 24.1 Å². The van der Waals surface area contributed by atoms with Crippen molar-refractivity contribution >= 4 is 28.7 Å². The molecule has 0 amide bonds. The summed E-state index contributed by atoms with van der Waals surface area (Å²) in [6.45, 7) is 2.08. The Kier molecular flexibility index (Phi) is 5.24. The molecule has 30 heavy (non-hydrogen) atoms. The maximum atomic E-state index is 12.5. The lowest BCUT2D eigenvalue weighted by Gasteiger charge is -2.31. The molecule has 0 fully saturated rings. The minimum atomic E-state index is -0.636. The molecule has 0 saturated heterocycles. The van der Waals surface area contributed by atoms with Gasteiger partial charge in [0.15, 0.2) is 0 Å². The highest BCUT2D eigenvalue weighted by atomic mass is 16.5. The van der Waals surface area contributed by atoms with Crippen molar-refractivity contribution in [1.29, 1.82) is 0 Å². The second kappa shape index (κ2) is 8.00. The Labute approximate surface area is 173 Å². The summed E-state index contributed by atoms with van der Waals surface area (Å²) in [5.41, 5.74) is 4.65. The number of fused-ring (bicyclic) bond motifs is 1. The average Bonchev–Trinajstić information content (AvgIpc) is 3.20. The Hall–Kier alpha value is -3.65. The lowest BCUT2D eigenvalue weighted by atomic mass is 10.1. The number of anilines is 1. The van der Waals surface area contributed by atoms with Gasteiger partial charge in [-0.1, -0.05) is 18.2 Å². The van der Waals surface area contributed by atoms with Crippen LogP contribution in [0.25, 0.3) is 22.4 Å². The number of aromatic nitrogens is 2. The number of H-pyrrole nitrogens is 1. The monoisotopic (exact) mass is 407 g/mol. The SMILES string of the molecule is COC(=O)C1=C(C(=O)OC)N(c2cccc(-c3nc4ccc(C)cc4[nH]3)c2)COC1. The third-order valence-corrected chi connectivity index (χ3v) is 4.90. The zero-order valence-corrected chi connectivity index (χ0v) is 16.9. The van der Waals surface area contributed by atoms with Gasteiger partial charge in [-0.25, -0.2) is 14.6 Å². The van der Waals surface area contributed by atoms with Gasteiger partial charge in [-0.15, -0.1) is 0 Å². The predicted molar refractivity (Wildman–Crippen MR) is 111 cm³/mol. The van der Waals surface area contributed by atoms with Crippen molar-refractivity contribution in [2.24, 2.45) is 0 Å². The number of hydrogen-bond acceptors (Lipinski definition) is 7. The van der Waals surface area contributed by atoms with Crippen molar-refractivity contribution in [3.05, 3.63) is 59.3 Å². The zero-order valence-electron chi connectivity index (χ0n) is 16.9. The van der Waals surface area contributed by atoms with E-state index < -0.39 is 11.9 Å². The van der Waals surface area contributed by atoms with E-state index in [2.05, 4.69) is 9.97 Å². The second-order valence-corrected chi connectivity index (χ2v) is 6.87. The fourth-order valence-corrected chi connectivity index (χ4v) is 3.43. The molecule has 1 aromatic heterocycles. The second-order valence-electron chi connectivity index (χ2n) is 6.87. The van der Waals surface area contributed by atoms with E-state index >= 15 is 0 Å². The first-order chi connectivity index (χ1) is 14.5. The molecule has 1 N–H and O–H groups in total. The Balaban J connectivity index is 1.78. The number of nitrogens with zero attached hydrogens (tertiary/aromatic N) is 2. The fourth-order valence-electron chi connectivity index (χ4n) is 3.43. The van der Waals surface area contributed by atoms with Crippen LogP contribution in [-0.4, -0.2) is 49.5 Å². The number of carbonyl (C=O) groups excluding carboxylic acids is 2. The highest BCUT2D eigenvalue weighted by Crippen LogP contribution is 2.30. The molecule has 1 aliphatic rings. The molecule has 4 rings (SSSR count). The molecule has 8 heteroatoms. The van der Waals surface area contributed by atoms with E-state index in [0.717, 1.165) is 22.2 Å². The number of benzene rings is 2. The van der Waals surface area contributed by atoms with Crippen LogP contribution in [0, 0.1) is 6.92 Å². The summed E-state index contributed by atoms with van der Waals surface area (Å²) in [6.07, 6.45) is 0. The molecule has 0 aliphatic carbocycles. The van der Waals surface area contributed by atoms with Gasteiger partial charge in [-0.3, -0.25) is 0 Å². The number of aryl methyl sites for hydroxylation is 1. The Morgan fingerprint density at radius 3 is 2.67 bits per heavy atom. The maximum absolute atomic E-state index is 12.5. The molecule has 2 aromatic carbocycles. The molecule has 0 unspecified atom stereocenters. The van der Waals surface area contributed by atoms with E-state index in [4.69, 9.17) is 14.2 Å². The van der Waals surface area contributed by atoms with Gasteiger partial charge in [0.1, 0.15) is 18.3 Å². The molecule has 0 radical (unpaired) electrons. The lowest BCUT2D eigenvalue weighted by Crippen LogP contribution is -2.38. The minimum Gasteiger partial charge on any atom is -0.466 e. The summed E-state index contributed by atoms with van der Waals surface area (Å²) >= 11 is 0. The zero-order chi connectivity index (χ0) is 21.3. The molecule has 0 atom stereocenters. The molecule has 154 valence electrons. The average molecular weight is 407 g/mol. The van der Waals surface area contributed by atoms with Crippen LogP contribution in [-0.2, 0) is 23.8 Å². The highest BCUT2D eigenvalue weighted by Gasteiger charge is 2.32. The van der Waals surface area contributed by atoms with Crippen LogP contribution in [0.3, 0.4) is 0 Å². The summed E-state index contributed by atoms with van der Waals surface area (Å²) in [5.74, 6) is -0.570. The fraction of sp³-hybridized carbons (Fsp3) is 0.227. The molecule has 0 bridgehead atoms. The van der Waals surface area contributed by atoms with Gasteiger partial charge in [0.05, 0.1) is 37.4 Å². The third-order valence-electron chi connectivity index (χ3n) is 4.90. The van der Waals surface area contributed by atoms with Crippen LogP contribution in [0.15, 0.2) is 53.7 Å². The minimum absolute atomic E-state index is 0.0315. The number of imidazole rings is 1. The quantitative estimate of drug-likeness (QED) is 0.665. The van der Waals surface area contributed by atoms with Gasteiger partial charge in [-0.05, 0) is 36.8 Å². The van der Waals surface area contributed by atoms with Gasteiger partial charge in [0.2, 0.25) is 0 Å². The molecule has 3 aromatic rings. The van der Waals surface area contributed by atoms with Crippen LogP contribution in [0.4, 0.5) is 5.69 Å². The topological polar surface area (TPSA) is 93.8 Å². The first kappa shape index (κ1) is 19.7. The number of rotatable bonds is 4. The maximum Gasteiger partial charge on any atom is 0.355 e. The predicted octanol–water partition coefficient (Wildman–Crippen LogP) is 2.93. The summed E-state index contributed by atoms with van der Waals surface area (Å²) in [7, 11) is 2.53. The first-order valence-electron chi connectivity index (χ1n) is 9.33. The largest absolute Gasteiger partial charge is 0.466 e. The number of carbonyl (C=O) groups is 2. The standard InChI is InChI=1S/C22H21N3O5/c1-13-7-8-17-18(9-13)24-20(23-17)14-5-4-6-15(10-14)25-12-30-11-16(21(26)28-2)19(25)22(27)29-3/h4-10H,11-12H2,1-3H3,(H,23,24). The van der Waals surface area contributed by atoms with Crippen LogP contribution in [0.2, 0.25) is 0 Å². The van der Waals surface area contributed by atoms with Crippen LogP contribution < -0.4 is 4.90 Å². The van der Waals surface area contributed by atoms with E-state index in [1.54, 1.807) is 4.90 Å². The van der Waals surface area contributed by atoms with Crippen molar-refractivity contribution < 1.29 is 23.8 Å². The van der Waals surface area contributed by atoms with E-state index in [1.165, 1.54) is 14.2 Å². The highest BCUT2D eigenvalue weighted by molar-refractivity contribution is 6.03. The van der Waals surface area contributed by atoms with E-state index in [1.807, 2.05) is 49.4 Å². The van der Waals surface area contributed by atoms with Crippen molar-refractivity contribution in [2.75, 3.05) is 32.5 Å². The summed E-state index contributed by atoms with van der Waals surface area (Å²) in [6, 6.07) is 13.5. The molecule has 0 saturated carbocycles. The van der Waals surface area contributed by atoms with Gasteiger partial charge in [-0.2, -0.15) is 0 Å². The molecule has 2 heterocycles. The molecule has 1 aliphatic heterocycles. The number of aromatic amines is 1. The van der Waals surface area contributed by atoms with Crippen molar-refractivity contribution in [2.45, 2.75) is 6.92 Å². The number of methoxy groups -OCH3 is 2. The van der Waals surface area contributed by atoms with Crippen molar-refractivity contribution in [3.8, 4) is 11.4 Å². The Morgan fingerprint density at radius 2 is 1.90 bits per heavy atom. The van der Waals surface area contributed by atoms with Crippen molar-refractivity contribution in [1.82, 2.24) is 9.97 Å². The lowest BCUT2D eigenvalue weighted by molar-refractivity contribution is -0.140. The van der Waals surface area contributed by atoms with Gasteiger partial charge >= 0.3 is 11.9 Å². The first-order valence-corrected chi connectivity index (χ1v) is 9.33. The van der Waals surface area contributed by atoms with E-state index in [-0.39, 0.29) is 24.6 Å². The molecule has 0 spiro atoms. The van der Waals surface area contributed by atoms with Crippen LogP contribution >= 0.6 is 0 Å². The summed E-state index contributed by atoms with van der Waals surface area (Å²) in [5, 5.41) is 0. The molecular weight excluding hydrogens is 386 g/mol. The number of ether oxygens (including phenoxy) is 3. The third kappa shape index (κ3) is 3.53. The van der Waals surface area contributed by atoms with Crippen molar-refractivity contribution in [3.63, 3.8) is 0 Å². The Morgan fingerprint density at radius 1 is 1.10 bits per heavy atom. The molecule has 8 nitrogen and oxygen atoms in total. The van der Waals surface area contributed by atoms with Gasteiger partial charge in [0, 0.05) is 11.3 Å². The summed E-state index contributed by atoms with van der Waals surface area (Å²) < 4.78 is 15.3. The van der Waals surface area contributed by atoms with Crippen LogP contribution in [0.5, 0.6) is 0 Å². The Bertz CT molecular complexity index is 1160. The summed E-state index contributed by atoms with van der Waals surface area (Å²) in [4.78, 5) is 34.2. The number of hydrogen-bond donors (Lipinski definition) is 1. The normalized spacial score (nSPS) is 14.2. The smallest absolute Gasteiger partial charge is 0.355 e. The van der Waals surface area contributed by atoms with Gasteiger partial charge in [0.25, 0.3) is 0 Å². The number of nitrogens with one attached hydrogen (secondary N) is 1. The molecular formula is C22H21N3O5. The number of esters is 2. The van der Waals surface area contributed by atoms with Crippen LogP contribution in [0.1, 0.15) is 5.56 Å². The van der Waals surface area contributed by atoms with E-state index in [9.17, 15) is 9.59 Å².